The van der Waals surface area contributed by atoms with Crippen molar-refractivity contribution in [2.75, 3.05) is 13.2 Å². The quantitative estimate of drug-likeness (QED) is 0.0228. The van der Waals surface area contributed by atoms with Gasteiger partial charge in [-0.15, -0.1) is 0 Å². The average Bonchev–Trinajstić information content (AvgIpc) is 3.39. The van der Waals surface area contributed by atoms with Crippen LogP contribution in [0.3, 0.4) is 0 Å². The van der Waals surface area contributed by atoms with Gasteiger partial charge in [0.2, 0.25) is 0 Å². The van der Waals surface area contributed by atoms with E-state index in [1.807, 2.05) is 0 Å². The Morgan fingerprint density at radius 3 is 1.29 bits per heavy atom. The summed E-state index contributed by atoms with van der Waals surface area (Å²) in [5, 5.41) is 31.5. The van der Waals surface area contributed by atoms with Crippen LogP contribution >= 0.6 is 0 Å². The van der Waals surface area contributed by atoms with Gasteiger partial charge in [-0.25, -0.2) is 4.79 Å². The minimum Gasteiger partial charge on any atom is -0.479 e. The lowest BCUT2D eigenvalue weighted by molar-refractivity contribution is -0.301. The van der Waals surface area contributed by atoms with E-state index in [0.29, 0.717) is 19.3 Å². The fraction of sp³-hybridized carbons (Fsp3) is 0.778. The first-order chi connectivity index (χ1) is 36.6. The minimum absolute atomic E-state index is 0.0595. The largest absolute Gasteiger partial charge is 0.479 e. The number of ether oxygens (including phenoxy) is 5. The van der Waals surface area contributed by atoms with Crippen LogP contribution in [0.4, 0.5) is 0 Å². The van der Waals surface area contributed by atoms with Gasteiger partial charge < -0.3 is 39.0 Å². The molecule has 12 nitrogen and oxygen atoms in total. The summed E-state index contributed by atoms with van der Waals surface area (Å²) in [5.41, 5.74) is 0. The lowest BCUT2D eigenvalue weighted by Crippen LogP contribution is -2.61. The van der Waals surface area contributed by atoms with Crippen LogP contribution in [0.1, 0.15) is 265 Å². The molecule has 0 aromatic rings. The molecule has 1 rings (SSSR count). The molecule has 0 saturated carbocycles. The third-order valence-electron chi connectivity index (χ3n) is 13.6. The molecule has 0 aromatic carbocycles. The summed E-state index contributed by atoms with van der Waals surface area (Å²) < 4.78 is 28.4. The van der Waals surface area contributed by atoms with Gasteiger partial charge in [-0.1, -0.05) is 223 Å². The van der Waals surface area contributed by atoms with Crippen molar-refractivity contribution < 1.29 is 58.2 Å². The normalized spacial score (nSPS) is 18.5. The van der Waals surface area contributed by atoms with Gasteiger partial charge in [-0.05, 0) is 83.5 Å². The molecule has 1 fully saturated rings. The van der Waals surface area contributed by atoms with Crippen LogP contribution in [0.15, 0.2) is 60.8 Å². The van der Waals surface area contributed by atoms with Crippen molar-refractivity contribution in [1.82, 2.24) is 0 Å². The molecule has 0 bridgehead atoms. The molecule has 1 heterocycles. The smallest absolute Gasteiger partial charge is 0.335 e. The van der Waals surface area contributed by atoms with Crippen molar-refractivity contribution in [3.8, 4) is 0 Å². The molecule has 6 atom stereocenters. The Balaban J connectivity index is 2.71. The number of carboxylic acid groups (broad SMARTS) is 1. The van der Waals surface area contributed by atoms with Crippen LogP contribution in [0.5, 0.6) is 0 Å². The van der Waals surface area contributed by atoms with Crippen molar-refractivity contribution in [2.24, 2.45) is 0 Å². The van der Waals surface area contributed by atoms with Crippen molar-refractivity contribution >= 4 is 23.9 Å². The number of carboxylic acids is 1. The number of carbonyl (C=O) groups is 4. The van der Waals surface area contributed by atoms with Crippen molar-refractivity contribution in [3.05, 3.63) is 60.8 Å². The molecule has 1 saturated heterocycles. The first-order valence-corrected chi connectivity index (χ1v) is 30.3. The summed E-state index contributed by atoms with van der Waals surface area (Å²) in [6.07, 6.45) is 50.4. The van der Waals surface area contributed by atoms with Crippen molar-refractivity contribution in [3.63, 3.8) is 0 Å². The second kappa shape index (κ2) is 51.2. The highest BCUT2D eigenvalue weighted by Gasteiger charge is 2.50. The highest BCUT2D eigenvalue weighted by molar-refractivity contribution is 5.74. The predicted molar refractivity (Wildman–Crippen MR) is 303 cm³/mol. The highest BCUT2D eigenvalue weighted by atomic mass is 16.7. The van der Waals surface area contributed by atoms with Crippen LogP contribution in [-0.4, -0.2) is 89.2 Å². The van der Waals surface area contributed by atoms with E-state index < -0.39 is 67.3 Å². The molecular weight excluding hydrogens is 949 g/mol. The third-order valence-corrected chi connectivity index (χ3v) is 13.6. The number of hydrogen-bond donors (Lipinski definition) is 3. The van der Waals surface area contributed by atoms with Crippen LogP contribution in [0.25, 0.3) is 0 Å². The number of rotatable bonds is 51. The Morgan fingerprint density at radius 1 is 0.453 bits per heavy atom. The number of aliphatic hydroxyl groups is 2. The molecule has 1 aliphatic heterocycles. The van der Waals surface area contributed by atoms with E-state index in [9.17, 15) is 34.5 Å². The second-order valence-electron chi connectivity index (χ2n) is 20.6. The Labute approximate surface area is 456 Å². The summed E-state index contributed by atoms with van der Waals surface area (Å²) >= 11 is 0. The van der Waals surface area contributed by atoms with Crippen LogP contribution in [0, 0.1) is 0 Å². The molecule has 0 spiro atoms. The van der Waals surface area contributed by atoms with Crippen LogP contribution < -0.4 is 0 Å². The Kier molecular flexibility index (Phi) is 47.4. The zero-order valence-corrected chi connectivity index (χ0v) is 47.5. The molecule has 75 heavy (non-hydrogen) atoms. The molecule has 3 N–H and O–H groups in total. The van der Waals surface area contributed by atoms with Crippen LogP contribution in [0.2, 0.25) is 0 Å². The first-order valence-electron chi connectivity index (χ1n) is 30.3. The van der Waals surface area contributed by atoms with E-state index in [2.05, 4.69) is 81.5 Å². The van der Waals surface area contributed by atoms with Gasteiger partial charge in [-0.2, -0.15) is 0 Å². The Hall–Kier alpha value is -3.58. The fourth-order valence-corrected chi connectivity index (χ4v) is 8.94. The molecule has 0 aromatic heterocycles. The Morgan fingerprint density at radius 2 is 0.840 bits per heavy atom. The lowest BCUT2D eigenvalue weighted by atomic mass is 9.98. The Bertz CT molecular complexity index is 1540. The van der Waals surface area contributed by atoms with E-state index in [1.165, 1.54) is 89.9 Å². The van der Waals surface area contributed by atoms with Gasteiger partial charge in [-0.3, -0.25) is 14.4 Å². The summed E-state index contributed by atoms with van der Waals surface area (Å²) in [4.78, 5) is 51.1. The van der Waals surface area contributed by atoms with Gasteiger partial charge in [0, 0.05) is 19.3 Å². The average molecular weight is 1060 g/mol. The molecule has 0 radical (unpaired) electrons. The first kappa shape index (κ1) is 69.4. The molecule has 0 amide bonds. The lowest BCUT2D eigenvalue weighted by Gasteiger charge is -2.40. The molecule has 6 unspecified atom stereocenters. The number of carbonyl (C=O) groups excluding carboxylic acids is 3. The number of hydrogen-bond acceptors (Lipinski definition) is 11. The summed E-state index contributed by atoms with van der Waals surface area (Å²) in [6, 6.07) is 0. The predicted octanol–water partition coefficient (Wildman–Crippen LogP) is 15.6. The highest BCUT2D eigenvalue weighted by Crippen LogP contribution is 2.26. The van der Waals surface area contributed by atoms with E-state index in [1.54, 1.807) is 0 Å². The van der Waals surface area contributed by atoms with Crippen molar-refractivity contribution in [2.45, 2.75) is 302 Å². The molecule has 0 aliphatic carbocycles. The standard InChI is InChI=1S/C63H108O12/c1-4-7-10-13-16-19-22-25-27-28-30-32-34-37-40-43-46-49-55(64)71-52-54(73-56(65)50-47-44-41-38-36-33-29-26-23-20-17-14-11-8-5-2)53-72-63-61(59(68)58(67)60(75-63)62(69)70)74-57(66)51-48-45-42-39-35-31-24-21-18-15-12-9-6-3/h7,10,16,19,25-27,29-30,32,54,58-61,63,67-68H,4-6,8-9,11-15,17-18,20-24,28,31,33-53H2,1-3H3,(H,69,70)/b10-7-,19-16-,27-25-,29-26-,32-30-. The van der Waals surface area contributed by atoms with Gasteiger partial charge in [0.05, 0.1) is 6.61 Å². The number of esters is 3. The summed E-state index contributed by atoms with van der Waals surface area (Å²) in [6.45, 7) is 5.86. The van der Waals surface area contributed by atoms with Gasteiger partial charge >= 0.3 is 23.9 Å². The zero-order valence-electron chi connectivity index (χ0n) is 47.5. The minimum atomic E-state index is -1.91. The summed E-state index contributed by atoms with van der Waals surface area (Å²) in [5.74, 6) is -3.15. The van der Waals surface area contributed by atoms with Gasteiger partial charge in [0.25, 0.3) is 0 Å². The maximum atomic E-state index is 13.1. The zero-order chi connectivity index (χ0) is 54.7. The summed E-state index contributed by atoms with van der Waals surface area (Å²) in [7, 11) is 0. The monoisotopic (exact) mass is 1060 g/mol. The third kappa shape index (κ3) is 41.2. The van der Waals surface area contributed by atoms with Gasteiger partial charge in [0.15, 0.2) is 24.6 Å². The van der Waals surface area contributed by atoms with Crippen LogP contribution in [-0.2, 0) is 42.9 Å². The molecule has 1 aliphatic rings. The molecule has 432 valence electrons. The second-order valence-corrected chi connectivity index (χ2v) is 20.6. The maximum Gasteiger partial charge on any atom is 0.335 e. The molecular formula is C63H108O12. The SMILES string of the molecule is CC/C=C\C/C=C\C/C=C\C/C=C\CCCCCCC(=O)OCC(COC1OC(C(=O)O)C(O)C(O)C1OC(=O)CCCCCCCCCCCCCCC)OC(=O)CCCCCCC/C=C\CCCCCCCC. The molecule has 12 heteroatoms. The number of aliphatic carboxylic acids is 1. The maximum absolute atomic E-state index is 13.1. The van der Waals surface area contributed by atoms with Gasteiger partial charge in [0.1, 0.15) is 18.8 Å². The van der Waals surface area contributed by atoms with E-state index in [4.69, 9.17) is 23.7 Å². The van der Waals surface area contributed by atoms with E-state index >= 15 is 0 Å². The van der Waals surface area contributed by atoms with E-state index in [0.717, 1.165) is 116 Å². The van der Waals surface area contributed by atoms with Crippen molar-refractivity contribution in [1.29, 1.82) is 0 Å². The number of unbranched alkanes of at least 4 members (excludes halogenated alkanes) is 27. The number of aliphatic hydroxyl groups excluding tert-OH is 2. The topological polar surface area (TPSA) is 175 Å². The number of allylic oxidation sites excluding steroid dienone is 10. The fourth-order valence-electron chi connectivity index (χ4n) is 8.94. The van der Waals surface area contributed by atoms with E-state index in [-0.39, 0.29) is 25.9 Å².